The van der Waals surface area contributed by atoms with E-state index in [1.807, 2.05) is 29.2 Å². The summed E-state index contributed by atoms with van der Waals surface area (Å²) in [5.74, 6) is -0.950. The van der Waals surface area contributed by atoms with E-state index in [-0.39, 0.29) is 24.7 Å². The van der Waals surface area contributed by atoms with Gasteiger partial charge in [-0.3, -0.25) is 9.59 Å². The Bertz CT molecular complexity index is 511. The van der Waals surface area contributed by atoms with Crippen molar-refractivity contribution >= 4 is 23.5 Å². The van der Waals surface area contributed by atoms with Crippen molar-refractivity contribution in [1.82, 2.24) is 4.90 Å². The van der Waals surface area contributed by atoms with Gasteiger partial charge in [-0.05, 0) is 36.5 Å². The zero-order valence-corrected chi connectivity index (χ0v) is 12.8. The van der Waals surface area contributed by atoms with Crippen molar-refractivity contribution in [1.29, 1.82) is 0 Å². The van der Waals surface area contributed by atoms with Crippen molar-refractivity contribution in [2.45, 2.75) is 45.2 Å². The second kappa shape index (κ2) is 6.94. The third-order valence-corrected chi connectivity index (χ3v) is 3.87. The summed E-state index contributed by atoms with van der Waals surface area (Å²) >= 11 is 5.87. The maximum atomic E-state index is 12.4. The van der Waals surface area contributed by atoms with Crippen LogP contribution >= 0.6 is 11.6 Å². The van der Waals surface area contributed by atoms with Crippen molar-refractivity contribution in [3.63, 3.8) is 0 Å². The van der Waals surface area contributed by atoms with E-state index in [9.17, 15) is 9.59 Å². The van der Waals surface area contributed by atoms with Gasteiger partial charge in [0, 0.05) is 30.5 Å². The van der Waals surface area contributed by atoms with E-state index in [0.29, 0.717) is 17.6 Å². The summed E-state index contributed by atoms with van der Waals surface area (Å²) < 4.78 is 0. The van der Waals surface area contributed by atoms with E-state index < -0.39 is 5.97 Å². The molecule has 1 fully saturated rings. The molecule has 1 aromatic carbocycles. The SMILES string of the molecule is CC(CC(=O)O)CC(=O)N(Cc1ccc(Cl)cc1)C1CC1. The van der Waals surface area contributed by atoms with Crippen LogP contribution in [0.4, 0.5) is 0 Å². The molecule has 1 amide bonds. The molecule has 0 spiro atoms. The van der Waals surface area contributed by atoms with Crippen LogP contribution in [-0.2, 0) is 16.1 Å². The molecule has 5 heteroatoms. The van der Waals surface area contributed by atoms with Gasteiger partial charge in [-0.1, -0.05) is 30.7 Å². The second-order valence-corrected chi connectivity index (χ2v) is 6.22. The molecule has 4 nitrogen and oxygen atoms in total. The van der Waals surface area contributed by atoms with E-state index in [1.165, 1.54) is 0 Å². The van der Waals surface area contributed by atoms with Gasteiger partial charge >= 0.3 is 5.97 Å². The number of aliphatic carboxylic acids is 1. The van der Waals surface area contributed by atoms with Crippen LogP contribution in [0.1, 0.15) is 38.2 Å². The van der Waals surface area contributed by atoms with Gasteiger partial charge < -0.3 is 10.0 Å². The summed E-state index contributed by atoms with van der Waals surface area (Å²) in [5.41, 5.74) is 1.05. The third kappa shape index (κ3) is 5.05. The zero-order valence-electron chi connectivity index (χ0n) is 12.1. The topological polar surface area (TPSA) is 57.6 Å². The van der Waals surface area contributed by atoms with Gasteiger partial charge in [-0.2, -0.15) is 0 Å². The number of halogens is 1. The minimum atomic E-state index is -0.856. The fourth-order valence-electron chi connectivity index (χ4n) is 2.38. The fraction of sp³-hybridized carbons (Fsp3) is 0.500. The Balaban J connectivity index is 1.96. The van der Waals surface area contributed by atoms with Crippen LogP contribution in [0.3, 0.4) is 0 Å². The first kappa shape index (κ1) is 15.8. The molecule has 0 aliphatic heterocycles. The molecule has 1 N–H and O–H groups in total. The normalized spacial score (nSPS) is 15.5. The predicted octanol–water partition coefficient (Wildman–Crippen LogP) is 3.33. The summed E-state index contributed by atoms with van der Waals surface area (Å²) in [6.45, 7) is 2.37. The number of rotatable bonds is 7. The molecule has 1 aliphatic carbocycles. The minimum absolute atomic E-state index is 0.0329. The van der Waals surface area contributed by atoms with Crippen LogP contribution in [0, 0.1) is 5.92 Å². The molecule has 1 atom stereocenters. The number of hydrogen-bond donors (Lipinski definition) is 1. The number of nitrogens with zero attached hydrogens (tertiary/aromatic N) is 1. The first-order valence-electron chi connectivity index (χ1n) is 7.21. The van der Waals surface area contributed by atoms with Crippen molar-refractivity contribution < 1.29 is 14.7 Å². The van der Waals surface area contributed by atoms with Crippen LogP contribution in [0.25, 0.3) is 0 Å². The number of carboxylic acid groups (broad SMARTS) is 1. The largest absolute Gasteiger partial charge is 0.481 e. The summed E-state index contributed by atoms with van der Waals surface area (Å²) in [6, 6.07) is 7.79. The van der Waals surface area contributed by atoms with E-state index in [4.69, 9.17) is 16.7 Å². The Morgan fingerprint density at radius 2 is 1.90 bits per heavy atom. The number of benzene rings is 1. The van der Waals surface area contributed by atoms with Crippen molar-refractivity contribution in [2.24, 2.45) is 5.92 Å². The predicted molar refractivity (Wildman–Crippen MR) is 81.1 cm³/mol. The van der Waals surface area contributed by atoms with E-state index in [2.05, 4.69) is 0 Å². The lowest BCUT2D eigenvalue weighted by Gasteiger charge is -2.24. The Morgan fingerprint density at radius 1 is 1.29 bits per heavy atom. The molecule has 21 heavy (non-hydrogen) atoms. The van der Waals surface area contributed by atoms with E-state index in [1.54, 1.807) is 6.92 Å². The summed E-state index contributed by atoms with van der Waals surface area (Å²) in [7, 11) is 0. The van der Waals surface area contributed by atoms with Crippen LogP contribution in [-0.4, -0.2) is 27.9 Å². The molecule has 1 saturated carbocycles. The highest BCUT2D eigenvalue weighted by Crippen LogP contribution is 2.30. The average Bonchev–Trinajstić information content (AvgIpc) is 3.21. The van der Waals surface area contributed by atoms with Crippen molar-refractivity contribution in [3.8, 4) is 0 Å². The number of carbonyl (C=O) groups is 2. The summed E-state index contributed by atoms with van der Waals surface area (Å²) in [5, 5.41) is 9.46. The lowest BCUT2D eigenvalue weighted by molar-refractivity contribution is -0.138. The number of amides is 1. The van der Waals surface area contributed by atoms with Crippen molar-refractivity contribution in [3.05, 3.63) is 34.9 Å². The van der Waals surface area contributed by atoms with Gasteiger partial charge in [-0.25, -0.2) is 0 Å². The first-order chi connectivity index (χ1) is 9.95. The standard InChI is InChI=1S/C16H20ClNO3/c1-11(9-16(20)21)8-15(19)18(14-6-7-14)10-12-2-4-13(17)5-3-12/h2-5,11,14H,6-10H2,1H3,(H,20,21). The Kier molecular flexibility index (Phi) is 5.23. The smallest absolute Gasteiger partial charge is 0.303 e. The quantitative estimate of drug-likeness (QED) is 0.840. The molecular formula is C16H20ClNO3. The van der Waals surface area contributed by atoms with Crippen LogP contribution < -0.4 is 0 Å². The molecule has 0 heterocycles. The monoisotopic (exact) mass is 309 g/mol. The highest BCUT2D eigenvalue weighted by atomic mass is 35.5. The Morgan fingerprint density at radius 3 is 2.43 bits per heavy atom. The average molecular weight is 310 g/mol. The molecule has 0 radical (unpaired) electrons. The molecule has 1 aromatic rings. The minimum Gasteiger partial charge on any atom is -0.481 e. The maximum Gasteiger partial charge on any atom is 0.303 e. The van der Waals surface area contributed by atoms with Crippen LogP contribution in [0.5, 0.6) is 0 Å². The molecule has 0 bridgehead atoms. The van der Waals surface area contributed by atoms with Gasteiger partial charge in [0.15, 0.2) is 0 Å². The van der Waals surface area contributed by atoms with Gasteiger partial charge in [0.05, 0.1) is 0 Å². The molecule has 1 aliphatic rings. The lowest BCUT2D eigenvalue weighted by Crippen LogP contribution is -2.33. The molecule has 2 rings (SSSR count). The maximum absolute atomic E-state index is 12.4. The van der Waals surface area contributed by atoms with Gasteiger partial charge in [0.25, 0.3) is 0 Å². The van der Waals surface area contributed by atoms with Crippen LogP contribution in [0.15, 0.2) is 24.3 Å². The van der Waals surface area contributed by atoms with Crippen LogP contribution in [0.2, 0.25) is 5.02 Å². The highest BCUT2D eigenvalue weighted by molar-refractivity contribution is 6.30. The fourth-order valence-corrected chi connectivity index (χ4v) is 2.51. The molecular weight excluding hydrogens is 290 g/mol. The van der Waals surface area contributed by atoms with Crippen molar-refractivity contribution in [2.75, 3.05) is 0 Å². The number of hydrogen-bond acceptors (Lipinski definition) is 2. The Labute approximate surface area is 129 Å². The molecule has 1 unspecified atom stereocenters. The van der Waals surface area contributed by atoms with E-state index in [0.717, 1.165) is 18.4 Å². The van der Waals surface area contributed by atoms with Gasteiger partial charge in [0.2, 0.25) is 5.91 Å². The molecule has 0 aromatic heterocycles. The summed E-state index contributed by atoms with van der Waals surface area (Å²) in [4.78, 5) is 25.0. The number of carboxylic acids is 1. The molecule has 114 valence electrons. The molecule has 0 saturated heterocycles. The Hall–Kier alpha value is -1.55. The first-order valence-corrected chi connectivity index (χ1v) is 7.59. The van der Waals surface area contributed by atoms with Gasteiger partial charge in [-0.15, -0.1) is 0 Å². The van der Waals surface area contributed by atoms with Gasteiger partial charge in [0.1, 0.15) is 0 Å². The summed E-state index contributed by atoms with van der Waals surface area (Å²) in [6.07, 6.45) is 2.39. The third-order valence-electron chi connectivity index (χ3n) is 3.62. The highest BCUT2D eigenvalue weighted by Gasteiger charge is 2.33. The second-order valence-electron chi connectivity index (χ2n) is 5.79. The van der Waals surface area contributed by atoms with E-state index >= 15 is 0 Å². The zero-order chi connectivity index (χ0) is 15.4. The lowest BCUT2D eigenvalue weighted by atomic mass is 10.0. The number of carbonyl (C=O) groups excluding carboxylic acids is 1.